The fourth-order valence-corrected chi connectivity index (χ4v) is 8.90. The van der Waals surface area contributed by atoms with Crippen molar-refractivity contribution in [3.05, 3.63) is 24.3 Å². The summed E-state index contributed by atoms with van der Waals surface area (Å²) >= 11 is 0. The normalized spacial score (nSPS) is 40.1. The predicted molar refractivity (Wildman–Crippen MR) is 117 cm³/mol. The van der Waals surface area contributed by atoms with Crippen molar-refractivity contribution in [1.29, 1.82) is 0 Å². The summed E-state index contributed by atoms with van der Waals surface area (Å²) < 4.78 is 28.4. The van der Waals surface area contributed by atoms with E-state index in [4.69, 9.17) is 5.73 Å². The van der Waals surface area contributed by atoms with Crippen LogP contribution in [-0.4, -0.2) is 47.5 Å². The summed E-state index contributed by atoms with van der Waals surface area (Å²) in [6, 6.07) is 6.31. The summed E-state index contributed by atoms with van der Waals surface area (Å²) in [6.45, 7) is 2.08. The number of rotatable bonds is 4. The predicted octanol–water partition coefficient (Wildman–Crippen LogP) is 2.26. The van der Waals surface area contributed by atoms with E-state index in [0.29, 0.717) is 24.6 Å². The lowest BCUT2D eigenvalue weighted by molar-refractivity contribution is -0.151. The largest absolute Gasteiger partial charge is 0.399 e. The van der Waals surface area contributed by atoms with Gasteiger partial charge in [0.05, 0.1) is 10.5 Å². The number of nitrogens with zero attached hydrogens (tertiary/aromatic N) is 1. The topological polar surface area (TPSA) is 113 Å². The third kappa shape index (κ3) is 3.47. The summed E-state index contributed by atoms with van der Waals surface area (Å²) in [5, 5.41) is 14.1. The number of aliphatic hydroxyl groups is 1. The Balaban J connectivity index is 1.40. The molecule has 1 heterocycles. The van der Waals surface area contributed by atoms with E-state index in [9.17, 15) is 18.3 Å². The average molecular weight is 448 g/mol. The lowest BCUT2D eigenvalue weighted by atomic mass is 9.52. The van der Waals surface area contributed by atoms with E-state index in [1.165, 1.54) is 16.4 Å². The summed E-state index contributed by atoms with van der Waals surface area (Å²) in [7, 11) is -3.86. The van der Waals surface area contributed by atoms with E-state index < -0.39 is 21.2 Å². The second kappa shape index (κ2) is 7.18. The van der Waals surface area contributed by atoms with Gasteiger partial charge in [-0.1, -0.05) is 6.07 Å². The maximum Gasteiger partial charge on any atom is 0.244 e. The van der Waals surface area contributed by atoms with Gasteiger partial charge in [-0.25, -0.2) is 8.42 Å². The molecule has 1 saturated heterocycles. The number of sulfonamides is 1. The van der Waals surface area contributed by atoms with Crippen LogP contribution in [0.4, 0.5) is 5.69 Å². The third-order valence-corrected chi connectivity index (χ3v) is 10.3. The van der Waals surface area contributed by atoms with Gasteiger partial charge in [0.25, 0.3) is 0 Å². The van der Waals surface area contributed by atoms with E-state index in [1.807, 2.05) is 0 Å². The van der Waals surface area contributed by atoms with Crippen molar-refractivity contribution in [2.75, 3.05) is 12.3 Å². The van der Waals surface area contributed by atoms with Crippen LogP contribution >= 0.6 is 0 Å². The molecular weight excluding hydrogens is 414 g/mol. The van der Waals surface area contributed by atoms with Crippen LogP contribution < -0.4 is 11.1 Å². The lowest BCUT2D eigenvalue weighted by Gasteiger charge is -2.58. The fraction of sp³-hybridized carbons (Fsp3) is 0.696. The molecule has 3 atom stereocenters. The zero-order chi connectivity index (χ0) is 22.0. The molecule has 31 heavy (non-hydrogen) atoms. The molecule has 5 aliphatic rings. The molecule has 1 aromatic rings. The standard InChI is InChI=1S/C23H33N3O4S/c1-22(7-2-3-8-26(22)31(29,30)19-6-4-5-18(24)11-19)21(27)25-20-16-9-15-10-17(20)14-23(28,12-15)13-16/h4-6,11,15-17,20,28H,2-3,7-10,12-14,24H2,1H3,(H,25,27)/t15?,16?,17?,20?,22-,23?/m1/s1. The van der Waals surface area contributed by atoms with Crippen LogP contribution in [-0.2, 0) is 14.8 Å². The Morgan fingerprint density at radius 2 is 1.90 bits per heavy atom. The maximum atomic E-state index is 13.6. The zero-order valence-corrected chi connectivity index (χ0v) is 18.9. The molecule has 8 heteroatoms. The van der Waals surface area contributed by atoms with Gasteiger partial charge in [0.15, 0.2) is 0 Å². The number of nitrogens with two attached hydrogens (primary N) is 1. The van der Waals surface area contributed by atoms with Gasteiger partial charge in [0.2, 0.25) is 15.9 Å². The Morgan fingerprint density at radius 3 is 2.55 bits per heavy atom. The van der Waals surface area contributed by atoms with E-state index in [1.54, 1.807) is 19.1 Å². The van der Waals surface area contributed by atoms with Crippen LogP contribution in [0.3, 0.4) is 0 Å². The Labute approximate surface area is 184 Å². The molecule has 4 aliphatic carbocycles. The SMILES string of the molecule is C[C@]1(C(=O)NC2C3CC4CC2CC(O)(C4)C3)CCCCN1S(=O)(=O)c1cccc(N)c1. The monoisotopic (exact) mass is 447 g/mol. The maximum absolute atomic E-state index is 13.6. The van der Waals surface area contributed by atoms with E-state index in [0.717, 1.165) is 44.9 Å². The summed E-state index contributed by atoms with van der Waals surface area (Å²) in [6.07, 6.45) is 6.51. The minimum Gasteiger partial charge on any atom is -0.399 e. The van der Waals surface area contributed by atoms with Crippen LogP contribution in [0, 0.1) is 17.8 Å². The molecule has 4 bridgehead atoms. The van der Waals surface area contributed by atoms with Crippen molar-refractivity contribution in [3.8, 4) is 0 Å². The second-order valence-electron chi connectivity index (χ2n) is 10.6. The molecule has 170 valence electrons. The third-order valence-electron chi connectivity index (χ3n) is 8.30. The Morgan fingerprint density at radius 1 is 1.19 bits per heavy atom. The lowest BCUT2D eigenvalue weighted by Crippen LogP contribution is -2.66. The highest BCUT2D eigenvalue weighted by Gasteiger charge is 2.56. The molecule has 1 amide bonds. The van der Waals surface area contributed by atoms with Gasteiger partial charge < -0.3 is 16.2 Å². The Kier molecular flexibility index (Phi) is 4.92. The number of benzene rings is 1. The fourth-order valence-electron chi connectivity index (χ4n) is 7.03. The van der Waals surface area contributed by atoms with Crippen molar-refractivity contribution >= 4 is 21.6 Å². The first-order valence-electron chi connectivity index (χ1n) is 11.5. The van der Waals surface area contributed by atoms with Gasteiger partial charge in [-0.3, -0.25) is 4.79 Å². The van der Waals surface area contributed by atoms with Crippen molar-refractivity contribution in [3.63, 3.8) is 0 Å². The average Bonchev–Trinajstić information content (AvgIpc) is 2.69. The molecule has 0 radical (unpaired) electrons. The van der Waals surface area contributed by atoms with Crippen LogP contribution in [0.15, 0.2) is 29.2 Å². The number of carbonyl (C=O) groups is 1. The van der Waals surface area contributed by atoms with Crippen LogP contribution in [0.1, 0.15) is 58.3 Å². The Bertz CT molecular complexity index is 980. The molecule has 6 rings (SSSR count). The molecule has 0 spiro atoms. The highest BCUT2D eigenvalue weighted by Crippen LogP contribution is 2.55. The van der Waals surface area contributed by atoms with E-state index in [2.05, 4.69) is 5.32 Å². The number of hydrogen-bond donors (Lipinski definition) is 3. The molecule has 1 aromatic carbocycles. The number of carbonyl (C=O) groups excluding carboxylic acids is 1. The first-order valence-corrected chi connectivity index (χ1v) is 13.0. The quantitative estimate of drug-likeness (QED) is 0.613. The molecule has 7 nitrogen and oxygen atoms in total. The smallest absolute Gasteiger partial charge is 0.244 e. The van der Waals surface area contributed by atoms with E-state index >= 15 is 0 Å². The van der Waals surface area contributed by atoms with Crippen molar-refractivity contribution in [1.82, 2.24) is 9.62 Å². The first-order chi connectivity index (χ1) is 14.6. The van der Waals surface area contributed by atoms with E-state index in [-0.39, 0.29) is 28.7 Å². The molecule has 2 unspecified atom stereocenters. The zero-order valence-electron chi connectivity index (χ0n) is 18.1. The number of nitrogens with one attached hydrogen (secondary N) is 1. The highest BCUT2D eigenvalue weighted by molar-refractivity contribution is 7.89. The summed E-state index contributed by atoms with van der Waals surface area (Å²) in [5.41, 5.74) is 4.52. The molecule has 1 aliphatic heterocycles. The molecule has 5 fully saturated rings. The molecule has 0 aromatic heterocycles. The van der Waals surface area contributed by atoms with Crippen LogP contribution in [0.5, 0.6) is 0 Å². The minimum atomic E-state index is -3.86. The highest BCUT2D eigenvalue weighted by atomic mass is 32.2. The molecule has 4 saturated carbocycles. The van der Waals surface area contributed by atoms with Gasteiger partial charge in [0.1, 0.15) is 5.54 Å². The number of hydrogen-bond acceptors (Lipinski definition) is 5. The molecule has 4 N–H and O–H groups in total. The number of anilines is 1. The van der Waals surface area contributed by atoms with Gasteiger partial charge >= 0.3 is 0 Å². The number of amides is 1. The summed E-state index contributed by atoms with van der Waals surface area (Å²) in [5.74, 6) is 0.920. The van der Waals surface area contributed by atoms with Crippen molar-refractivity contribution in [2.45, 2.75) is 80.4 Å². The minimum absolute atomic E-state index is 0.0278. The van der Waals surface area contributed by atoms with Crippen molar-refractivity contribution in [2.24, 2.45) is 17.8 Å². The van der Waals surface area contributed by atoms with Gasteiger partial charge in [-0.2, -0.15) is 4.31 Å². The Hall–Kier alpha value is -1.64. The molecular formula is C23H33N3O4S. The summed E-state index contributed by atoms with van der Waals surface area (Å²) in [4.78, 5) is 13.8. The van der Waals surface area contributed by atoms with Gasteiger partial charge in [-0.15, -0.1) is 0 Å². The van der Waals surface area contributed by atoms with Crippen LogP contribution in [0.25, 0.3) is 0 Å². The first kappa shape index (κ1) is 21.2. The number of nitrogen functional groups attached to an aromatic ring is 1. The number of piperidine rings is 1. The van der Waals surface area contributed by atoms with Crippen LogP contribution in [0.2, 0.25) is 0 Å². The van der Waals surface area contributed by atoms with Gasteiger partial charge in [-0.05, 0) is 94.2 Å². The van der Waals surface area contributed by atoms with Gasteiger partial charge in [0, 0.05) is 18.3 Å². The second-order valence-corrected chi connectivity index (χ2v) is 12.4. The van der Waals surface area contributed by atoms with Crippen molar-refractivity contribution < 1.29 is 18.3 Å².